The maximum absolute atomic E-state index is 5.87. The Bertz CT molecular complexity index is 429. The zero-order valence-corrected chi connectivity index (χ0v) is 14.6. The van der Waals surface area contributed by atoms with Gasteiger partial charge in [-0.15, -0.1) is 0 Å². The number of hydrogen-bond acceptors (Lipinski definition) is 3. The van der Waals surface area contributed by atoms with E-state index in [1.54, 1.807) is 18.8 Å². The van der Waals surface area contributed by atoms with Crippen LogP contribution in [-0.4, -0.2) is 44.2 Å². The van der Waals surface area contributed by atoms with E-state index >= 15 is 0 Å². The highest BCUT2D eigenvalue weighted by Gasteiger charge is 2.07. The van der Waals surface area contributed by atoms with Gasteiger partial charge in [-0.25, -0.2) is 0 Å². The van der Waals surface area contributed by atoms with Gasteiger partial charge in [-0.1, -0.05) is 12.1 Å². The number of hydrogen-bond donors (Lipinski definition) is 2. The lowest BCUT2D eigenvalue weighted by molar-refractivity contribution is 0.222. The van der Waals surface area contributed by atoms with Gasteiger partial charge in [-0.05, 0) is 41.2 Å². The first-order valence-corrected chi connectivity index (χ1v) is 8.70. The van der Waals surface area contributed by atoms with Crippen molar-refractivity contribution in [1.29, 1.82) is 0 Å². The van der Waals surface area contributed by atoms with Crippen LogP contribution in [0.4, 0.5) is 0 Å². The Balaban J connectivity index is 2.35. The van der Waals surface area contributed by atoms with Gasteiger partial charge in [-0.3, -0.25) is 4.99 Å². The normalized spacial score (nSPS) is 12.9. The number of rotatable bonds is 7. The highest BCUT2D eigenvalue weighted by atomic mass is 79.9. The van der Waals surface area contributed by atoms with Gasteiger partial charge in [0.05, 0.1) is 11.0 Å². The van der Waals surface area contributed by atoms with E-state index in [1.165, 1.54) is 0 Å². The van der Waals surface area contributed by atoms with Crippen LogP contribution in [0.15, 0.2) is 33.7 Å². The molecule has 4 nitrogen and oxygen atoms in total. The summed E-state index contributed by atoms with van der Waals surface area (Å²) in [4.78, 5) is 4.18. The Hall–Kier alpha value is -0.880. The molecule has 0 bridgehead atoms. The number of thioether (sulfide) groups is 1. The van der Waals surface area contributed by atoms with Gasteiger partial charge >= 0.3 is 0 Å². The third-order valence-corrected chi connectivity index (χ3v) is 3.81. The second-order valence-electron chi connectivity index (χ2n) is 4.23. The van der Waals surface area contributed by atoms with Crippen LogP contribution in [-0.2, 0) is 0 Å². The summed E-state index contributed by atoms with van der Waals surface area (Å²) in [6.07, 6.45) is 2.14. The SMILES string of the molecule is CN=C(NCCSC)NCC(C)Oc1ccccc1Br. The molecule has 0 saturated carbocycles. The van der Waals surface area contributed by atoms with E-state index in [0.29, 0.717) is 6.54 Å². The quantitative estimate of drug-likeness (QED) is 0.446. The number of halogens is 1. The lowest BCUT2D eigenvalue weighted by Crippen LogP contribution is -2.42. The second-order valence-corrected chi connectivity index (χ2v) is 6.07. The van der Waals surface area contributed by atoms with E-state index in [0.717, 1.165) is 28.5 Å². The molecular weight excluding hydrogens is 338 g/mol. The largest absolute Gasteiger partial charge is 0.488 e. The van der Waals surface area contributed by atoms with Crippen molar-refractivity contribution in [1.82, 2.24) is 10.6 Å². The topological polar surface area (TPSA) is 45.7 Å². The average molecular weight is 360 g/mol. The Labute approximate surface area is 133 Å². The van der Waals surface area contributed by atoms with Gasteiger partial charge in [0.1, 0.15) is 11.9 Å². The third kappa shape index (κ3) is 6.52. The van der Waals surface area contributed by atoms with E-state index in [-0.39, 0.29) is 6.10 Å². The molecule has 20 heavy (non-hydrogen) atoms. The minimum Gasteiger partial charge on any atom is -0.488 e. The van der Waals surface area contributed by atoms with Crippen molar-refractivity contribution < 1.29 is 4.74 Å². The molecule has 6 heteroatoms. The van der Waals surface area contributed by atoms with Gasteiger partial charge in [0, 0.05) is 19.3 Å². The van der Waals surface area contributed by atoms with Crippen molar-refractivity contribution in [2.75, 3.05) is 32.1 Å². The molecule has 2 N–H and O–H groups in total. The van der Waals surface area contributed by atoms with Crippen molar-refractivity contribution in [3.05, 3.63) is 28.7 Å². The van der Waals surface area contributed by atoms with Crippen molar-refractivity contribution in [2.45, 2.75) is 13.0 Å². The number of para-hydroxylation sites is 1. The van der Waals surface area contributed by atoms with Crippen molar-refractivity contribution >= 4 is 33.7 Å². The Morgan fingerprint density at radius 1 is 1.40 bits per heavy atom. The monoisotopic (exact) mass is 359 g/mol. The van der Waals surface area contributed by atoms with E-state index in [4.69, 9.17) is 4.74 Å². The molecule has 0 radical (unpaired) electrons. The van der Waals surface area contributed by atoms with Crippen LogP contribution < -0.4 is 15.4 Å². The summed E-state index contributed by atoms with van der Waals surface area (Å²) in [7, 11) is 1.77. The van der Waals surface area contributed by atoms with E-state index in [9.17, 15) is 0 Å². The molecule has 0 aliphatic heterocycles. The van der Waals surface area contributed by atoms with E-state index in [2.05, 4.69) is 37.8 Å². The van der Waals surface area contributed by atoms with Crippen LogP contribution in [0.3, 0.4) is 0 Å². The van der Waals surface area contributed by atoms with Crippen molar-refractivity contribution in [3.63, 3.8) is 0 Å². The predicted molar refractivity (Wildman–Crippen MR) is 92.0 cm³/mol. The summed E-state index contributed by atoms with van der Waals surface area (Å²) in [5.41, 5.74) is 0. The molecule has 0 saturated heterocycles. The van der Waals surface area contributed by atoms with Gasteiger partial charge in [-0.2, -0.15) is 11.8 Å². The van der Waals surface area contributed by atoms with Crippen molar-refractivity contribution in [3.8, 4) is 5.75 Å². The molecule has 0 heterocycles. The van der Waals surface area contributed by atoms with Gasteiger partial charge in [0.15, 0.2) is 5.96 Å². The molecule has 0 aliphatic carbocycles. The van der Waals surface area contributed by atoms with E-state index < -0.39 is 0 Å². The fraction of sp³-hybridized carbons (Fsp3) is 0.500. The number of ether oxygens (including phenoxy) is 1. The molecular formula is C14H22BrN3OS. The summed E-state index contributed by atoms with van der Waals surface area (Å²) < 4.78 is 6.84. The van der Waals surface area contributed by atoms with Crippen LogP contribution in [0.5, 0.6) is 5.75 Å². The molecule has 0 spiro atoms. The number of benzene rings is 1. The van der Waals surface area contributed by atoms with Gasteiger partial charge in [0.2, 0.25) is 0 Å². The third-order valence-electron chi connectivity index (χ3n) is 2.54. The minimum atomic E-state index is 0.0489. The van der Waals surface area contributed by atoms with Gasteiger partial charge < -0.3 is 15.4 Å². The summed E-state index contributed by atoms with van der Waals surface area (Å²) in [5.74, 6) is 2.72. The number of guanidine groups is 1. The van der Waals surface area contributed by atoms with Gasteiger partial charge in [0.25, 0.3) is 0 Å². The Morgan fingerprint density at radius 3 is 2.80 bits per heavy atom. The number of nitrogens with zero attached hydrogens (tertiary/aromatic N) is 1. The smallest absolute Gasteiger partial charge is 0.191 e. The first kappa shape index (κ1) is 17.2. The van der Waals surface area contributed by atoms with Crippen LogP contribution in [0.2, 0.25) is 0 Å². The summed E-state index contributed by atoms with van der Waals surface area (Å²) in [6.45, 7) is 3.63. The highest BCUT2D eigenvalue weighted by Crippen LogP contribution is 2.24. The molecule has 0 aliphatic rings. The van der Waals surface area contributed by atoms with Crippen molar-refractivity contribution in [2.24, 2.45) is 4.99 Å². The first-order valence-electron chi connectivity index (χ1n) is 6.52. The standard InChI is InChI=1S/C14H22BrN3OS/c1-11(19-13-7-5-4-6-12(13)15)10-18-14(16-2)17-8-9-20-3/h4-7,11H,8-10H2,1-3H3,(H2,16,17,18). The fourth-order valence-corrected chi connectivity index (χ4v) is 2.22. The molecule has 1 aromatic rings. The maximum Gasteiger partial charge on any atom is 0.191 e. The Morgan fingerprint density at radius 2 is 2.15 bits per heavy atom. The molecule has 1 aromatic carbocycles. The predicted octanol–water partition coefficient (Wildman–Crippen LogP) is 2.74. The molecule has 0 fully saturated rings. The summed E-state index contributed by atoms with van der Waals surface area (Å²) in [5, 5.41) is 6.51. The molecule has 112 valence electrons. The molecule has 0 amide bonds. The van der Waals surface area contributed by atoms with Crippen LogP contribution in [0, 0.1) is 0 Å². The Kier molecular flexibility index (Phi) is 8.53. The minimum absolute atomic E-state index is 0.0489. The maximum atomic E-state index is 5.87. The zero-order chi connectivity index (χ0) is 14.8. The lowest BCUT2D eigenvalue weighted by atomic mass is 10.3. The first-order chi connectivity index (χ1) is 9.67. The zero-order valence-electron chi connectivity index (χ0n) is 12.1. The fourth-order valence-electron chi connectivity index (χ4n) is 1.53. The molecule has 1 atom stereocenters. The summed E-state index contributed by atoms with van der Waals surface area (Å²) in [6, 6.07) is 7.85. The summed E-state index contributed by atoms with van der Waals surface area (Å²) >= 11 is 5.28. The lowest BCUT2D eigenvalue weighted by Gasteiger charge is -2.18. The van der Waals surface area contributed by atoms with E-state index in [1.807, 2.05) is 31.2 Å². The van der Waals surface area contributed by atoms with Crippen LogP contribution in [0.25, 0.3) is 0 Å². The van der Waals surface area contributed by atoms with Crippen LogP contribution >= 0.6 is 27.7 Å². The van der Waals surface area contributed by atoms with Crippen LogP contribution in [0.1, 0.15) is 6.92 Å². The number of nitrogens with one attached hydrogen (secondary N) is 2. The average Bonchev–Trinajstić information content (AvgIpc) is 2.45. The molecule has 1 rings (SSSR count). The second kappa shape index (κ2) is 9.94. The molecule has 0 aromatic heterocycles. The highest BCUT2D eigenvalue weighted by molar-refractivity contribution is 9.10. The number of aliphatic imine (C=N–C) groups is 1. The molecule has 1 unspecified atom stereocenters.